The number of hydrogen-bond acceptors (Lipinski definition) is 2. The van der Waals surface area contributed by atoms with E-state index in [0.717, 1.165) is 6.07 Å². The van der Waals surface area contributed by atoms with Crippen molar-refractivity contribution in [3.63, 3.8) is 0 Å². The molecule has 0 aliphatic rings. The molecule has 1 rings (SSSR count). The number of rotatable bonds is 4. The Labute approximate surface area is 117 Å². The van der Waals surface area contributed by atoms with Gasteiger partial charge in [0.25, 0.3) is 0 Å². The molecule has 0 spiro atoms. The van der Waals surface area contributed by atoms with Gasteiger partial charge in [-0.25, -0.2) is 17.5 Å². The standard InChI is InChI=1S/C10H12Br2FNO2S/c1-10(2,6-11)14-17(15,16)9-4-3-7(12)5-8(9)13/h3-5,14H,6H2,1-2H3. The molecule has 96 valence electrons. The quantitative estimate of drug-likeness (QED) is 0.805. The van der Waals surface area contributed by atoms with Gasteiger partial charge in [-0.15, -0.1) is 0 Å². The summed E-state index contributed by atoms with van der Waals surface area (Å²) in [6, 6.07) is 3.83. The third-order valence-electron chi connectivity index (χ3n) is 1.93. The Hall–Kier alpha value is 0.0200. The van der Waals surface area contributed by atoms with Crippen LogP contribution in [0.4, 0.5) is 4.39 Å². The molecule has 0 fully saturated rings. The fraction of sp³-hybridized carbons (Fsp3) is 0.400. The van der Waals surface area contributed by atoms with Crippen molar-refractivity contribution in [3.05, 3.63) is 28.5 Å². The minimum Gasteiger partial charge on any atom is -0.207 e. The highest BCUT2D eigenvalue weighted by atomic mass is 79.9. The van der Waals surface area contributed by atoms with Crippen LogP contribution in [0.15, 0.2) is 27.6 Å². The van der Waals surface area contributed by atoms with Crippen LogP contribution in [0.2, 0.25) is 0 Å². The van der Waals surface area contributed by atoms with Crippen molar-refractivity contribution in [3.8, 4) is 0 Å². The van der Waals surface area contributed by atoms with E-state index in [1.54, 1.807) is 13.8 Å². The first kappa shape index (κ1) is 15.1. The first-order chi connectivity index (χ1) is 7.68. The molecule has 0 heterocycles. The lowest BCUT2D eigenvalue weighted by atomic mass is 10.1. The summed E-state index contributed by atoms with van der Waals surface area (Å²) in [4.78, 5) is -0.352. The summed E-state index contributed by atoms with van der Waals surface area (Å²) < 4.78 is 40.4. The van der Waals surface area contributed by atoms with Gasteiger partial charge in [-0.3, -0.25) is 0 Å². The molecular formula is C10H12Br2FNO2S. The van der Waals surface area contributed by atoms with Gasteiger partial charge in [0.1, 0.15) is 10.7 Å². The Morgan fingerprint density at radius 3 is 2.47 bits per heavy atom. The molecule has 17 heavy (non-hydrogen) atoms. The fourth-order valence-corrected chi connectivity index (χ4v) is 3.27. The summed E-state index contributed by atoms with van der Waals surface area (Å²) in [5.74, 6) is -0.780. The SMILES string of the molecule is CC(C)(CBr)NS(=O)(=O)c1ccc(Br)cc1F. The van der Waals surface area contributed by atoms with Crippen molar-refractivity contribution in [1.29, 1.82) is 0 Å². The third kappa shape index (κ3) is 4.01. The van der Waals surface area contributed by atoms with Crippen LogP contribution in [-0.2, 0) is 10.0 Å². The van der Waals surface area contributed by atoms with E-state index < -0.39 is 21.4 Å². The summed E-state index contributed by atoms with van der Waals surface area (Å²) in [6.45, 7) is 3.41. The molecule has 0 unspecified atom stereocenters. The van der Waals surface area contributed by atoms with E-state index in [-0.39, 0.29) is 4.90 Å². The van der Waals surface area contributed by atoms with Crippen LogP contribution in [0, 0.1) is 5.82 Å². The van der Waals surface area contributed by atoms with Gasteiger partial charge in [-0.1, -0.05) is 31.9 Å². The van der Waals surface area contributed by atoms with Gasteiger partial charge in [0.2, 0.25) is 10.0 Å². The van der Waals surface area contributed by atoms with Crippen molar-refractivity contribution in [2.75, 3.05) is 5.33 Å². The second-order valence-corrected chi connectivity index (χ2v) is 7.32. The minimum atomic E-state index is -3.85. The van der Waals surface area contributed by atoms with Gasteiger partial charge in [-0.2, -0.15) is 0 Å². The van der Waals surface area contributed by atoms with Gasteiger partial charge in [0.15, 0.2) is 0 Å². The Morgan fingerprint density at radius 1 is 1.41 bits per heavy atom. The average molecular weight is 389 g/mol. The van der Waals surface area contributed by atoms with E-state index >= 15 is 0 Å². The fourth-order valence-electron chi connectivity index (χ4n) is 1.14. The zero-order chi connectivity index (χ0) is 13.3. The number of nitrogens with one attached hydrogen (secondary N) is 1. The second-order valence-electron chi connectivity index (χ2n) is 4.20. The van der Waals surface area contributed by atoms with Gasteiger partial charge in [0, 0.05) is 15.3 Å². The van der Waals surface area contributed by atoms with Crippen molar-refractivity contribution >= 4 is 41.9 Å². The highest BCUT2D eigenvalue weighted by Gasteiger charge is 2.27. The van der Waals surface area contributed by atoms with E-state index in [1.807, 2.05) is 0 Å². The van der Waals surface area contributed by atoms with E-state index in [1.165, 1.54) is 12.1 Å². The van der Waals surface area contributed by atoms with Crippen LogP contribution in [0.25, 0.3) is 0 Å². The molecule has 0 saturated heterocycles. The highest BCUT2D eigenvalue weighted by Crippen LogP contribution is 2.21. The number of benzene rings is 1. The highest BCUT2D eigenvalue weighted by molar-refractivity contribution is 9.10. The molecule has 0 aliphatic carbocycles. The lowest BCUT2D eigenvalue weighted by molar-refractivity contribution is 0.494. The Kier molecular flexibility index (Phi) is 4.73. The Morgan fingerprint density at radius 2 is 2.00 bits per heavy atom. The summed E-state index contributed by atoms with van der Waals surface area (Å²) in [7, 11) is -3.85. The van der Waals surface area contributed by atoms with Crippen molar-refractivity contribution in [2.24, 2.45) is 0 Å². The summed E-state index contributed by atoms with van der Waals surface area (Å²) in [5, 5.41) is 0.428. The van der Waals surface area contributed by atoms with Gasteiger partial charge in [0.05, 0.1) is 0 Å². The first-order valence-corrected chi connectivity index (χ1v) is 8.13. The lowest BCUT2D eigenvalue weighted by Gasteiger charge is -2.23. The molecule has 0 amide bonds. The van der Waals surface area contributed by atoms with Crippen LogP contribution < -0.4 is 4.72 Å². The van der Waals surface area contributed by atoms with Crippen LogP contribution in [0.1, 0.15) is 13.8 Å². The predicted octanol–water partition coefficient (Wildman–Crippen LogP) is 3.04. The van der Waals surface area contributed by atoms with Crippen LogP contribution in [0.3, 0.4) is 0 Å². The first-order valence-electron chi connectivity index (χ1n) is 4.73. The third-order valence-corrected chi connectivity index (χ3v) is 5.55. The second kappa shape index (κ2) is 5.34. The summed E-state index contributed by atoms with van der Waals surface area (Å²) in [6.07, 6.45) is 0. The molecule has 0 bridgehead atoms. The number of halogens is 3. The monoisotopic (exact) mass is 387 g/mol. The molecule has 0 radical (unpaired) electrons. The summed E-state index contributed by atoms with van der Waals surface area (Å²) in [5.41, 5.74) is -0.682. The summed E-state index contributed by atoms with van der Waals surface area (Å²) >= 11 is 6.27. The number of alkyl halides is 1. The average Bonchev–Trinajstić information content (AvgIpc) is 2.15. The molecular weight excluding hydrogens is 377 g/mol. The molecule has 7 heteroatoms. The van der Waals surface area contributed by atoms with E-state index in [9.17, 15) is 12.8 Å². The minimum absolute atomic E-state index is 0.352. The smallest absolute Gasteiger partial charge is 0.207 e. The molecule has 0 atom stereocenters. The number of sulfonamides is 1. The molecule has 1 aromatic carbocycles. The maximum atomic E-state index is 13.6. The maximum absolute atomic E-state index is 13.6. The molecule has 3 nitrogen and oxygen atoms in total. The molecule has 1 N–H and O–H groups in total. The van der Waals surface area contributed by atoms with Gasteiger partial charge in [-0.05, 0) is 32.0 Å². The largest absolute Gasteiger partial charge is 0.243 e. The van der Waals surface area contributed by atoms with Crippen molar-refractivity contribution < 1.29 is 12.8 Å². The molecule has 0 saturated carbocycles. The van der Waals surface area contributed by atoms with Crippen LogP contribution in [-0.4, -0.2) is 19.3 Å². The van der Waals surface area contributed by atoms with Crippen LogP contribution in [0.5, 0.6) is 0 Å². The van der Waals surface area contributed by atoms with Crippen LogP contribution >= 0.6 is 31.9 Å². The topological polar surface area (TPSA) is 46.2 Å². The zero-order valence-electron chi connectivity index (χ0n) is 9.30. The van der Waals surface area contributed by atoms with E-state index in [2.05, 4.69) is 36.6 Å². The molecule has 0 aromatic heterocycles. The van der Waals surface area contributed by atoms with E-state index in [4.69, 9.17) is 0 Å². The normalized spacial score (nSPS) is 12.8. The lowest BCUT2D eigenvalue weighted by Crippen LogP contribution is -2.44. The van der Waals surface area contributed by atoms with Crippen molar-refractivity contribution in [1.82, 2.24) is 4.72 Å². The van der Waals surface area contributed by atoms with E-state index in [0.29, 0.717) is 9.80 Å². The molecule has 1 aromatic rings. The predicted molar refractivity (Wildman–Crippen MR) is 72.3 cm³/mol. The van der Waals surface area contributed by atoms with Crippen molar-refractivity contribution in [2.45, 2.75) is 24.3 Å². The Balaban J connectivity index is 3.14. The number of hydrogen-bond donors (Lipinski definition) is 1. The molecule has 0 aliphatic heterocycles. The zero-order valence-corrected chi connectivity index (χ0v) is 13.3. The van der Waals surface area contributed by atoms with Gasteiger partial charge >= 0.3 is 0 Å². The Bertz CT molecular complexity index is 517. The maximum Gasteiger partial charge on any atom is 0.243 e. The van der Waals surface area contributed by atoms with Gasteiger partial charge < -0.3 is 0 Å².